The van der Waals surface area contributed by atoms with Gasteiger partial charge in [-0.05, 0) is 60.9 Å². The largest absolute Gasteiger partial charge is 0.490 e. The first-order valence-electron chi connectivity index (χ1n) is 11.6. The van der Waals surface area contributed by atoms with Gasteiger partial charge in [-0.3, -0.25) is 14.4 Å². The van der Waals surface area contributed by atoms with E-state index in [1.54, 1.807) is 25.1 Å². The molecule has 3 amide bonds. The summed E-state index contributed by atoms with van der Waals surface area (Å²) in [5.41, 5.74) is 4.25. The molecule has 0 aliphatic rings. The molecule has 0 saturated heterocycles. The van der Waals surface area contributed by atoms with E-state index < -0.39 is 17.6 Å². The summed E-state index contributed by atoms with van der Waals surface area (Å²) in [5, 5.41) is 8.76. The Balaban J connectivity index is 1.57. The second-order valence-electron chi connectivity index (χ2n) is 7.62. The van der Waals surface area contributed by atoms with Crippen molar-refractivity contribution in [3.05, 3.63) is 83.7 Å². The van der Waals surface area contributed by atoms with Gasteiger partial charge in [-0.15, -0.1) is 0 Å². The van der Waals surface area contributed by atoms with Gasteiger partial charge in [0.15, 0.2) is 18.1 Å². The highest BCUT2D eigenvalue weighted by atomic mass is 19.1. The fourth-order valence-electron chi connectivity index (χ4n) is 3.23. The van der Waals surface area contributed by atoms with Crippen LogP contribution in [0, 0.1) is 5.82 Å². The third-order valence-corrected chi connectivity index (χ3v) is 5.01. The molecule has 10 heteroatoms. The number of carbonyl (C=O) groups excluding carboxylic acids is 3. The molecule has 0 radical (unpaired) electrons. The van der Waals surface area contributed by atoms with Gasteiger partial charge in [-0.1, -0.05) is 37.3 Å². The minimum absolute atomic E-state index is 0.119. The number of hydrazone groups is 1. The lowest BCUT2D eigenvalue weighted by atomic mass is 10.1. The molecule has 9 nitrogen and oxygen atoms in total. The Hall–Kier alpha value is -4.73. The fraction of sp³-hybridized carbons (Fsp3) is 0.185. The highest BCUT2D eigenvalue weighted by molar-refractivity contribution is 6.39. The van der Waals surface area contributed by atoms with Crippen LogP contribution in [0.1, 0.15) is 25.0 Å². The van der Waals surface area contributed by atoms with Crippen LogP contribution in [0.4, 0.5) is 15.8 Å². The Labute approximate surface area is 213 Å². The van der Waals surface area contributed by atoms with Crippen LogP contribution in [-0.4, -0.2) is 37.1 Å². The van der Waals surface area contributed by atoms with Crippen molar-refractivity contribution < 1.29 is 28.2 Å². The lowest BCUT2D eigenvalue weighted by Crippen LogP contribution is -2.32. The molecule has 0 aromatic heterocycles. The molecule has 0 aliphatic heterocycles. The lowest BCUT2D eigenvalue weighted by Gasteiger charge is -2.13. The Morgan fingerprint density at radius 2 is 1.59 bits per heavy atom. The molecule has 0 heterocycles. The van der Waals surface area contributed by atoms with Gasteiger partial charge in [0.25, 0.3) is 5.91 Å². The van der Waals surface area contributed by atoms with Crippen molar-refractivity contribution in [3.8, 4) is 11.5 Å². The number of rotatable bonds is 10. The van der Waals surface area contributed by atoms with E-state index in [9.17, 15) is 18.8 Å². The van der Waals surface area contributed by atoms with Gasteiger partial charge in [-0.2, -0.15) is 5.10 Å². The van der Waals surface area contributed by atoms with Crippen molar-refractivity contribution >= 4 is 35.3 Å². The summed E-state index contributed by atoms with van der Waals surface area (Å²) in [7, 11) is 0. The standard InChI is InChI=1S/C27H27FN4O5/c1-3-19-9-5-7-11-21(19)30-25(33)17-37-23-14-13-18(15-24(23)36-4-2)16-29-32-27(35)26(34)31-22-12-8-6-10-20(22)28/h5-16H,3-4,17H2,1-2H3,(H,30,33)(H,31,34)(H,32,35)/b29-16-. The molecule has 0 aliphatic carbocycles. The van der Waals surface area contributed by atoms with Crippen molar-refractivity contribution in [2.75, 3.05) is 23.8 Å². The molecule has 0 saturated carbocycles. The van der Waals surface area contributed by atoms with Crippen molar-refractivity contribution in [1.82, 2.24) is 5.43 Å². The molecule has 0 bridgehead atoms. The van der Waals surface area contributed by atoms with E-state index in [1.807, 2.05) is 31.2 Å². The first-order valence-corrected chi connectivity index (χ1v) is 11.6. The number of anilines is 2. The lowest BCUT2D eigenvalue weighted by molar-refractivity contribution is -0.136. The second kappa shape index (κ2) is 13.4. The molecule has 0 atom stereocenters. The van der Waals surface area contributed by atoms with Crippen molar-refractivity contribution in [1.29, 1.82) is 0 Å². The van der Waals surface area contributed by atoms with E-state index in [4.69, 9.17) is 9.47 Å². The summed E-state index contributed by atoms with van der Waals surface area (Å²) in [6, 6.07) is 17.9. The molecule has 0 spiro atoms. The Morgan fingerprint density at radius 3 is 2.32 bits per heavy atom. The van der Waals surface area contributed by atoms with Gasteiger partial charge in [-0.25, -0.2) is 9.82 Å². The number of ether oxygens (including phenoxy) is 2. The van der Waals surface area contributed by atoms with Crippen LogP contribution in [0.2, 0.25) is 0 Å². The van der Waals surface area contributed by atoms with Crippen molar-refractivity contribution in [3.63, 3.8) is 0 Å². The second-order valence-corrected chi connectivity index (χ2v) is 7.62. The van der Waals surface area contributed by atoms with Gasteiger partial charge in [0, 0.05) is 5.69 Å². The van der Waals surface area contributed by atoms with Crippen LogP contribution in [0.15, 0.2) is 71.8 Å². The quantitative estimate of drug-likeness (QED) is 0.219. The predicted octanol–water partition coefficient (Wildman–Crippen LogP) is 3.89. The summed E-state index contributed by atoms with van der Waals surface area (Å²) in [4.78, 5) is 36.3. The predicted molar refractivity (Wildman–Crippen MR) is 138 cm³/mol. The third-order valence-electron chi connectivity index (χ3n) is 5.01. The summed E-state index contributed by atoms with van der Waals surface area (Å²) in [6.45, 7) is 3.93. The smallest absolute Gasteiger partial charge is 0.329 e. The molecule has 3 N–H and O–H groups in total. The summed E-state index contributed by atoms with van der Waals surface area (Å²) >= 11 is 0. The minimum Gasteiger partial charge on any atom is -0.490 e. The molecule has 192 valence electrons. The van der Waals surface area contributed by atoms with Gasteiger partial charge in [0.05, 0.1) is 18.5 Å². The zero-order valence-corrected chi connectivity index (χ0v) is 20.4. The maximum absolute atomic E-state index is 13.6. The molecule has 0 unspecified atom stereocenters. The van der Waals surface area contributed by atoms with Crippen LogP contribution in [0.5, 0.6) is 11.5 Å². The molecule has 3 aromatic carbocycles. The number of benzene rings is 3. The summed E-state index contributed by atoms with van der Waals surface area (Å²) < 4.78 is 24.9. The maximum atomic E-state index is 13.6. The number of carbonyl (C=O) groups is 3. The third kappa shape index (κ3) is 7.89. The Kier molecular flexibility index (Phi) is 9.72. The van der Waals surface area contributed by atoms with E-state index in [0.717, 1.165) is 23.7 Å². The van der Waals surface area contributed by atoms with Crippen LogP contribution < -0.4 is 25.5 Å². The first-order chi connectivity index (χ1) is 17.9. The summed E-state index contributed by atoms with van der Waals surface area (Å²) in [6.07, 6.45) is 2.08. The molecule has 0 fully saturated rings. The number of nitrogens with one attached hydrogen (secondary N) is 3. The molecule has 3 rings (SSSR count). The van der Waals surface area contributed by atoms with E-state index in [2.05, 4.69) is 21.2 Å². The van der Waals surface area contributed by atoms with E-state index in [0.29, 0.717) is 23.7 Å². The number of aryl methyl sites for hydroxylation is 1. The molecule has 3 aromatic rings. The molecular formula is C27H27FN4O5. The maximum Gasteiger partial charge on any atom is 0.329 e. The van der Waals surface area contributed by atoms with Gasteiger partial charge >= 0.3 is 11.8 Å². The number of halogens is 1. The number of hydrogen-bond acceptors (Lipinski definition) is 6. The zero-order chi connectivity index (χ0) is 26.6. The van der Waals surface area contributed by atoms with Gasteiger partial charge in [0.1, 0.15) is 5.82 Å². The molecular weight excluding hydrogens is 479 g/mol. The van der Waals surface area contributed by atoms with Gasteiger partial charge < -0.3 is 20.1 Å². The number of hydrogen-bond donors (Lipinski definition) is 3. The topological polar surface area (TPSA) is 118 Å². The van der Waals surface area contributed by atoms with Crippen molar-refractivity contribution in [2.24, 2.45) is 5.10 Å². The van der Waals surface area contributed by atoms with E-state index in [-0.39, 0.29) is 18.2 Å². The van der Waals surface area contributed by atoms with Crippen LogP contribution >= 0.6 is 0 Å². The van der Waals surface area contributed by atoms with Crippen LogP contribution in [0.25, 0.3) is 0 Å². The van der Waals surface area contributed by atoms with E-state index in [1.165, 1.54) is 24.4 Å². The average Bonchev–Trinajstić information content (AvgIpc) is 2.90. The highest BCUT2D eigenvalue weighted by Gasteiger charge is 2.15. The Morgan fingerprint density at radius 1 is 0.865 bits per heavy atom. The number of para-hydroxylation sites is 2. The van der Waals surface area contributed by atoms with Gasteiger partial charge in [0.2, 0.25) is 0 Å². The Bertz CT molecular complexity index is 1300. The SMILES string of the molecule is CCOc1cc(/C=N\NC(=O)C(=O)Nc2ccccc2F)ccc1OCC(=O)Nc1ccccc1CC. The highest BCUT2D eigenvalue weighted by Crippen LogP contribution is 2.28. The average molecular weight is 507 g/mol. The normalized spacial score (nSPS) is 10.6. The molecule has 37 heavy (non-hydrogen) atoms. The van der Waals surface area contributed by atoms with E-state index >= 15 is 0 Å². The van der Waals surface area contributed by atoms with Crippen LogP contribution in [-0.2, 0) is 20.8 Å². The summed E-state index contributed by atoms with van der Waals surface area (Å²) in [5.74, 6) is -2.39. The fourth-order valence-corrected chi connectivity index (χ4v) is 3.23. The number of amides is 3. The van der Waals surface area contributed by atoms with Crippen LogP contribution in [0.3, 0.4) is 0 Å². The van der Waals surface area contributed by atoms with Crippen molar-refractivity contribution in [2.45, 2.75) is 20.3 Å². The monoisotopic (exact) mass is 506 g/mol. The first kappa shape index (κ1) is 26.9. The zero-order valence-electron chi connectivity index (χ0n) is 20.4. The minimum atomic E-state index is -1.07. The number of nitrogens with zero attached hydrogens (tertiary/aromatic N) is 1.